The van der Waals surface area contributed by atoms with Gasteiger partial charge < -0.3 is 9.88 Å². The fourth-order valence-corrected chi connectivity index (χ4v) is 3.14. The Kier molecular flexibility index (Phi) is 2.52. The van der Waals surface area contributed by atoms with Crippen LogP contribution in [0.5, 0.6) is 0 Å². The van der Waals surface area contributed by atoms with Crippen LogP contribution in [0.4, 0.5) is 5.69 Å². The van der Waals surface area contributed by atoms with Gasteiger partial charge in [-0.3, -0.25) is 0 Å². The van der Waals surface area contributed by atoms with Crippen molar-refractivity contribution in [2.75, 3.05) is 5.32 Å². The zero-order chi connectivity index (χ0) is 13.5. The van der Waals surface area contributed by atoms with Crippen molar-refractivity contribution < 1.29 is 0 Å². The molecule has 0 saturated heterocycles. The van der Waals surface area contributed by atoms with Gasteiger partial charge in [-0.05, 0) is 35.4 Å². The highest BCUT2D eigenvalue weighted by molar-refractivity contribution is 5.99. The molecule has 4 rings (SSSR count). The number of hydrogen-bond donors (Lipinski definition) is 1. The number of aryl methyl sites for hydroxylation is 3. The number of imidazole rings is 1. The molecule has 0 saturated carbocycles. The zero-order valence-electron chi connectivity index (χ0n) is 11.6. The lowest BCUT2D eigenvalue weighted by Gasteiger charge is -2.11. The van der Waals surface area contributed by atoms with Gasteiger partial charge >= 0.3 is 0 Å². The Balaban J connectivity index is 1.73. The van der Waals surface area contributed by atoms with E-state index in [2.05, 4.69) is 40.6 Å². The number of anilines is 1. The monoisotopic (exact) mass is 263 g/mol. The van der Waals surface area contributed by atoms with Crippen molar-refractivity contribution in [1.29, 1.82) is 0 Å². The minimum atomic E-state index is 0.752. The maximum Gasteiger partial charge on any atom is 0.127 e. The van der Waals surface area contributed by atoms with E-state index in [9.17, 15) is 0 Å². The highest BCUT2D eigenvalue weighted by Crippen LogP contribution is 2.35. The molecule has 1 N–H and O–H groups in total. The molecule has 0 spiro atoms. The average Bonchev–Trinajstić information content (AvgIpc) is 3.07. The van der Waals surface area contributed by atoms with E-state index in [0.29, 0.717) is 0 Å². The number of nitrogens with one attached hydrogen (secondary N) is 1. The van der Waals surface area contributed by atoms with Gasteiger partial charge in [0.1, 0.15) is 5.82 Å². The molecular formula is C17H17N3. The average molecular weight is 263 g/mol. The molecule has 3 aromatic rings. The summed E-state index contributed by atoms with van der Waals surface area (Å²) in [7, 11) is 2.03. The minimum absolute atomic E-state index is 0.752. The largest absolute Gasteiger partial charge is 0.377 e. The van der Waals surface area contributed by atoms with Gasteiger partial charge in [-0.1, -0.05) is 24.3 Å². The van der Waals surface area contributed by atoms with E-state index in [0.717, 1.165) is 12.4 Å². The van der Waals surface area contributed by atoms with Crippen LogP contribution in [0.1, 0.15) is 17.0 Å². The van der Waals surface area contributed by atoms with Crippen molar-refractivity contribution in [3.8, 4) is 0 Å². The van der Waals surface area contributed by atoms with Gasteiger partial charge in [-0.15, -0.1) is 0 Å². The number of hydrogen-bond acceptors (Lipinski definition) is 2. The molecule has 1 aliphatic rings. The lowest BCUT2D eigenvalue weighted by Crippen LogP contribution is -2.06. The molecule has 0 bridgehead atoms. The molecule has 0 radical (unpaired) electrons. The first-order chi connectivity index (χ1) is 9.83. The van der Waals surface area contributed by atoms with Gasteiger partial charge in [-0.2, -0.15) is 0 Å². The maximum absolute atomic E-state index is 4.36. The SMILES string of the molecule is Cn1ccnc1CNc1ccc2c3c(cccc13)CC2. The highest BCUT2D eigenvalue weighted by atomic mass is 15.1. The first kappa shape index (κ1) is 11.5. The second kappa shape index (κ2) is 4.37. The third kappa shape index (κ3) is 1.70. The van der Waals surface area contributed by atoms with E-state index < -0.39 is 0 Å². The lowest BCUT2D eigenvalue weighted by atomic mass is 10.0. The summed E-state index contributed by atoms with van der Waals surface area (Å²) in [6.45, 7) is 0.752. The normalized spacial score (nSPS) is 13.1. The standard InChI is InChI=1S/C17H17N3/c1-20-10-9-18-16(20)11-19-15-8-7-13-6-5-12-3-2-4-14(15)17(12)13/h2-4,7-10,19H,5-6,11H2,1H3. The van der Waals surface area contributed by atoms with Crippen LogP contribution in [-0.4, -0.2) is 9.55 Å². The summed E-state index contributed by atoms with van der Waals surface area (Å²) in [5.41, 5.74) is 4.17. The molecule has 100 valence electrons. The fourth-order valence-electron chi connectivity index (χ4n) is 3.14. The Morgan fingerprint density at radius 3 is 2.80 bits per heavy atom. The lowest BCUT2D eigenvalue weighted by molar-refractivity contribution is 0.813. The van der Waals surface area contributed by atoms with Crippen LogP contribution in [0, 0.1) is 0 Å². The van der Waals surface area contributed by atoms with E-state index in [-0.39, 0.29) is 0 Å². The van der Waals surface area contributed by atoms with Crippen LogP contribution < -0.4 is 5.32 Å². The molecule has 1 heterocycles. The molecule has 1 aliphatic carbocycles. The van der Waals surface area contributed by atoms with Crippen molar-refractivity contribution >= 4 is 16.5 Å². The first-order valence-corrected chi connectivity index (χ1v) is 7.06. The Labute approximate surface area is 118 Å². The summed E-state index contributed by atoms with van der Waals surface area (Å²) in [5, 5.41) is 6.33. The van der Waals surface area contributed by atoms with E-state index in [1.165, 1.54) is 40.4 Å². The van der Waals surface area contributed by atoms with E-state index in [1.54, 1.807) is 0 Å². The number of rotatable bonds is 3. The second-order valence-corrected chi connectivity index (χ2v) is 5.42. The van der Waals surface area contributed by atoms with Crippen molar-refractivity contribution in [3.63, 3.8) is 0 Å². The van der Waals surface area contributed by atoms with Crippen molar-refractivity contribution in [3.05, 3.63) is 59.7 Å². The molecule has 0 aliphatic heterocycles. The zero-order valence-corrected chi connectivity index (χ0v) is 11.6. The molecular weight excluding hydrogens is 246 g/mol. The van der Waals surface area contributed by atoms with Crippen molar-refractivity contribution in [1.82, 2.24) is 9.55 Å². The molecule has 3 nitrogen and oxygen atoms in total. The molecule has 2 aromatic carbocycles. The Morgan fingerprint density at radius 1 is 1.15 bits per heavy atom. The quantitative estimate of drug-likeness (QED) is 0.786. The molecule has 3 heteroatoms. The number of aromatic nitrogens is 2. The summed E-state index contributed by atoms with van der Waals surface area (Å²) in [6.07, 6.45) is 6.17. The topological polar surface area (TPSA) is 29.9 Å². The van der Waals surface area contributed by atoms with Crippen LogP contribution >= 0.6 is 0 Å². The molecule has 1 aromatic heterocycles. The summed E-state index contributed by atoms with van der Waals surface area (Å²) in [5.74, 6) is 1.05. The Morgan fingerprint density at radius 2 is 2.00 bits per heavy atom. The molecule has 0 amide bonds. The molecule has 20 heavy (non-hydrogen) atoms. The van der Waals surface area contributed by atoms with Crippen LogP contribution in [0.2, 0.25) is 0 Å². The predicted molar refractivity (Wildman–Crippen MR) is 81.9 cm³/mol. The third-order valence-corrected chi connectivity index (χ3v) is 4.23. The first-order valence-electron chi connectivity index (χ1n) is 7.06. The second-order valence-electron chi connectivity index (χ2n) is 5.42. The molecule has 0 fully saturated rings. The smallest absolute Gasteiger partial charge is 0.127 e. The van der Waals surface area contributed by atoms with E-state index in [4.69, 9.17) is 0 Å². The van der Waals surface area contributed by atoms with Gasteiger partial charge in [0.05, 0.1) is 6.54 Å². The Hall–Kier alpha value is -2.29. The number of nitrogens with zero attached hydrogens (tertiary/aromatic N) is 2. The fraction of sp³-hybridized carbons (Fsp3) is 0.235. The van der Waals surface area contributed by atoms with Crippen molar-refractivity contribution in [2.24, 2.45) is 7.05 Å². The predicted octanol–water partition coefficient (Wildman–Crippen LogP) is 3.28. The summed E-state index contributed by atoms with van der Waals surface area (Å²) < 4.78 is 2.05. The van der Waals surface area contributed by atoms with Gasteiger partial charge in [0.25, 0.3) is 0 Å². The van der Waals surface area contributed by atoms with Gasteiger partial charge in [0.2, 0.25) is 0 Å². The van der Waals surface area contributed by atoms with Crippen LogP contribution in [0.15, 0.2) is 42.7 Å². The highest BCUT2D eigenvalue weighted by Gasteiger charge is 2.15. The summed E-state index contributed by atoms with van der Waals surface area (Å²) in [4.78, 5) is 4.36. The molecule has 0 unspecified atom stereocenters. The third-order valence-electron chi connectivity index (χ3n) is 4.23. The van der Waals surface area contributed by atoms with Crippen LogP contribution in [0.3, 0.4) is 0 Å². The summed E-state index contributed by atoms with van der Waals surface area (Å²) in [6, 6.07) is 11.1. The van der Waals surface area contributed by atoms with E-state index >= 15 is 0 Å². The Bertz CT molecular complexity index is 776. The molecule has 0 atom stereocenters. The van der Waals surface area contributed by atoms with Gasteiger partial charge in [0, 0.05) is 30.5 Å². The summed E-state index contributed by atoms with van der Waals surface area (Å²) >= 11 is 0. The van der Waals surface area contributed by atoms with Gasteiger partial charge in [0.15, 0.2) is 0 Å². The van der Waals surface area contributed by atoms with Crippen LogP contribution in [-0.2, 0) is 26.4 Å². The van der Waals surface area contributed by atoms with Gasteiger partial charge in [-0.25, -0.2) is 4.98 Å². The minimum Gasteiger partial charge on any atom is -0.377 e. The van der Waals surface area contributed by atoms with E-state index in [1.807, 2.05) is 24.0 Å². The van der Waals surface area contributed by atoms with Crippen LogP contribution in [0.25, 0.3) is 10.8 Å². The maximum atomic E-state index is 4.36. The van der Waals surface area contributed by atoms with Crippen molar-refractivity contribution in [2.45, 2.75) is 19.4 Å². The number of benzene rings is 2.